The molecule has 0 bridgehead atoms. The molecule has 3 nitrogen and oxygen atoms in total. The molecule has 0 atom stereocenters. The van der Waals surface area contributed by atoms with E-state index in [0.717, 1.165) is 22.6 Å². The van der Waals surface area contributed by atoms with Crippen molar-refractivity contribution in [1.82, 2.24) is 0 Å². The lowest BCUT2D eigenvalue weighted by atomic mass is 10.1. The highest BCUT2D eigenvalue weighted by molar-refractivity contribution is 5.62. The molecule has 0 aromatic heterocycles. The maximum absolute atomic E-state index is 5.99. The smallest absolute Gasteiger partial charge is 0.168 e. The average Bonchev–Trinajstić information content (AvgIpc) is 2.53. The summed E-state index contributed by atoms with van der Waals surface area (Å²) in [4.78, 5) is 0. The predicted octanol–water partition coefficient (Wildman–Crippen LogP) is 3.64. The molecule has 0 saturated heterocycles. The van der Waals surface area contributed by atoms with E-state index >= 15 is 0 Å². The standard InChI is InChI=1S/C18H21NO2/c1-2-20-17-12-6-10-16(11-7-13-19)18(17)21-14-15-8-4-3-5-9-15/h3-12H,2,13-14,19H2,1H3/b11-7+. The summed E-state index contributed by atoms with van der Waals surface area (Å²) in [7, 11) is 0. The van der Waals surface area contributed by atoms with Crippen LogP contribution in [0.1, 0.15) is 18.1 Å². The van der Waals surface area contributed by atoms with E-state index in [2.05, 4.69) is 0 Å². The first kappa shape index (κ1) is 15.1. The summed E-state index contributed by atoms with van der Waals surface area (Å²) < 4.78 is 11.6. The van der Waals surface area contributed by atoms with Crippen LogP contribution in [0.5, 0.6) is 11.5 Å². The van der Waals surface area contributed by atoms with Crippen LogP contribution in [0.25, 0.3) is 6.08 Å². The molecule has 2 aromatic carbocycles. The molecule has 3 heteroatoms. The van der Waals surface area contributed by atoms with Crippen molar-refractivity contribution in [2.75, 3.05) is 13.2 Å². The molecule has 0 aliphatic heterocycles. The highest BCUT2D eigenvalue weighted by Gasteiger charge is 2.09. The van der Waals surface area contributed by atoms with Gasteiger partial charge in [0.1, 0.15) is 6.61 Å². The summed E-state index contributed by atoms with van der Waals surface area (Å²) in [5.41, 5.74) is 7.63. The van der Waals surface area contributed by atoms with Gasteiger partial charge in [0, 0.05) is 12.1 Å². The molecule has 0 heterocycles. The molecule has 0 fully saturated rings. The largest absolute Gasteiger partial charge is 0.490 e. The monoisotopic (exact) mass is 283 g/mol. The first-order valence-corrected chi connectivity index (χ1v) is 7.14. The van der Waals surface area contributed by atoms with Crippen LogP contribution in [0.3, 0.4) is 0 Å². The topological polar surface area (TPSA) is 44.5 Å². The fourth-order valence-corrected chi connectivity index (χ4v) is 2.01. The van der Waals surface area contributed by atoms with Crippen LogP contribution in [0.15, 0.2) is 54.6 Å². The molecule has 21 heavy (non-hydrogen) atoms. The zero-order valence-corrected chi connectivity index (χ0v) is 12.3. The first-order valence-electron chi connectivity index (χ1n) is 7.14. The van der Waals surface area contributed by atoms with Gasteiger partial charge in [-0.05, 0) is 18.6 Å². The van der Waals surface area contributed by atoms with E-state index in [4.69, 9.17) is 15.2 Å². The van der Waals surface area contributed by atoms with Gasteiger partial charge in [0.2, 0.25) is 0 Å². The minimum atomic E-state index is 0.497. The number of benzene rings is 2. The number of hydrogen-bond donors (Lipinski definition) is 1. The Balaban J connectivity index is 2.23. The van der Waals surface area contributed by atoms with Gasteiger partial charge in [-0.1, -0.05) is 54.6 Å². The lowest BCUT2D eigenvalue weighted by Gasteiger charge is -2.14. The number of ether oxygens (including phenoxy) is 2. The minimum absolute atomic E-state index is 0.497. The normalized spacial score (nSPS) is 10.8. The number of para-hydroxylation sites is 1. The maximum Gasteiger partial charge on any atom is 0.168 e. The molecule has 0 radical (unpaired) electrons. The Hall–Kier alpha value is -2.26. The second kappa shape index (κ2) is 8.12. The molecule has 0 aliphatic rings. The molecule has 0 aliphatic carbocycles. The molecular weight excluding hydrogens is 262 g/mol. The van der Waals surface area contributed by atoms with Crippen molar-refractivity contribution in [2.24, 2.45) is 5.73 Å². The summed E-state index contributed by atoms with van der Waals surface area (Å²) >= 11 is 0. The van der Waals surface area contributed by atoms with E-state index in [-0.39, 0.29) is 0 Å². The van der Waals surface area contributed by atoms with Crippen molar-refractivity contribution in [3.8, 4) is 11.5 Å². The van der Waals surface area contributed by atoms with Gasteiger partial charge in [-0.25, -0.2) is 0 Å². The van der Waals surface area contributed by atoms with Crippen LogP contribution < -0.4 is 15.2 Å². The van der Waals surface area contributed by atoms with E-state index in [9.17, 15) is 0 Å². The van der Waals surface area contributed by atoms with E-state index in [1.807, 2.05) is 67.6 Å². The molecule has 2 N–H and O–H groups in total. The third-order valence-electron chi connectivity index (χ3n) is 2.97. The molecule has 0 unspecified atom stereocenters. The van der Waals surface area contributed by atoms with Crippen LogP contribution in [-0.4, -0.2) is 13.2 Å². The third-order valence-corrected chi connectivity index (χ3v) is 2.97. The van der Waals surface area contributed by atoms with E-state index < -0.39 is 0 Å². The van der Waals surface area contributed by atoms with E-state index in [1.54, 1.807) is 0 Å². The SMILES string of the molecule is CCOc1cccc(/C=C/CN)c1OCc1ccccc1. The lowest BCUT2D eigenvalue weighted by molar-refractivity contribution is 0.269. The molecule has 0 amide bonds. The van der Waals surface area contributed by atoms with Gasteiger partial charge < -0.3 is 15.2 Å². The summed E-state index contributed by atoms with van der Waals surface area (Å²) in [6, 6.07) is 15.9. The van der Waals surface area contributed by atoms with Crippen molar-refractivity contribution in [1.29, 1.82) is 0 Å². The first-order chi connectivity index (χ1) is 10.3. The highest BCUT2D eigenvalue weighted by atomic mass is 16.5. The molecule has 2 aromatic rings. The summed E-state index contributed by atoms with van der Waals surface area (Å²) in [5.74, 6) is 1.51. The van der Waals surface area contributed by atoms with Crippen molar-refractivity contribution < 1.29 is 9.47 Å². The number of rotatable bonds is 7. The van der Waals surface area contributed by atoms with Crippen molar-refractivity contribution in [3.63, 3.8) is 0 Å². The van der Waals surface area contributed by atoms with Crippen molar-refractivity contribution in [3.05, 3.63) is 65.7 Å². The highest BCUT2D eigenvalue weighted by Crippen LogP contribution is 2.33. The van der Waals surface area contributed by atoms with Crippen LogP contribution in [0.2, 0.25) is 0 Å². The Labute approximate surface area is 126 Å². The van der Waals surface area contributed by atoms with Crippen molar-refractivity contribution in [2.45, 2.75) is 13.5 Å². The fourth-order valence-electron chi connectivity index (χ4n) is 2.01. The molecule has 110 valence electrons. The average molecular weight is 283 g/mol. The molecule has 2 rings (SSSR count). The van der Waals surface area contributed by atoms with Crippen LogP contribution in [0.4, 0.5) is 0 Å². The zero-order valence-electron chi connectivity index (χ0n) is 12.3. The van der Waals surface area contributed by atoms with Crippen molar-refractivity contribution >= 4 is 6.08 Å². The Kier molecular flexibility index (Phi) is 5.85. The van der Waals surface area contributed by atoms with Gasteiger partial charge in [0.05, 0.1) is 6.61 Å². The third kappa shape index (κ3) is 4.36. The van der Waals surface area contributed by atoms with Gasteiger partial charge in [-0.15, -0.1) is 0 Å². The maximum atomic E-state index is 5.99. The Morgan fingerprint density at radius 3 is 2.52 bits per heavy atom. The lowest BCUT2D eigenvalue weighted by Crippen LogP contribution is -2.01. The quantitative estimate of drug-likeness (QED) is 0.843. The van der Waals surface area contributed by atoms with E-state index in [1.165, 1.54) is 0 Å². The Morgan fingerprint density at radius 1 is 1.00 bits per heavy atom. The Bertz CT molecular complexity index is 579. The summed E-state index contributed by atoms with van der Waals surface area (Å²) in [5, 5.41) is 0. The zero-order chi connectivity index (χ0) is 14.9. The molecule has 0 saturated carbocycles. The second-order valence-corrected chi connectivity index (χ2v) is 4.52. The predicted molar refractivity (Wildman–Crippen MR) is 86.5 cm³/mol. The fraction of sp³-hybridized carbons (Fsp3) is 0.222. The van der Waals surface area contributed by atoms with Gasteiger partial charge in [0.25, 0.3) is 0 Å². The number of hydrogen-bond acceptors (Lipinski definition) is 3. The van der Waals surface area contributed by atoms with Gasteiger partial charge in [-0.2, -0.15) is 0 Å². The van der Waals surface area contributed by atoms with Crippen LogP contribution in [0, 0.1) is 0 Å². The summed E-state index contributed by atoms with van der Waals surface area (Å²) in [6.07, 6.45) is 3.86. The Morgan fingerprint density at radius 2 is 1.81 bits per heavy atom. The van der Waals surface area contributed by atoms with Crippen LogP contribution in [-0.2, 0) is 6.61 Å². The summed E-state index contributed by atoms with van der Waals surface area (Å²) in [6.45, 7) is 3.57. The van der Waals surface area contributed by atoms with Gasteiger partial charge in [-0.3, -0.25) is 0 Å². The van der Waals surface area contributed by atoms with Gasteiger partial charge >= 0.3 is 0 Å². The van der Waals surface area contributed by atoms with Crippen LogP contribution >= 0.6 is 0 Å². The molecule has 0 spiro atoms. The molecular formula is C18H21NO2. The second-order valence-electron chi connectivity index (χ2n) is 4.52. The van der Waals surface area contributed by atoms with E-state index in [0.29, 0.717) is 19.8 Å². The minimum Gasteiger partial charge on any atom is -0.490 e. The number of nitrogens with two attached hydrogens (primary N) is 1. The van der Waals surface area contributed by atoms with Gasteiger partial charge in [0.15, 0.2) is 11.5 Å².